The molecule has 0 fully saturated rings. The smallest absolute Gasteiger partial charge is 0.322 e. The summed E-state index contributed by atoms with van der Waals surface area (Å²) in [5, 5.41) is 2.84. The lowest BCUT2D eigenvalue weighted by Gasteiger charge is -2.22. The van der Waals surface area contributed by atoms with Crippen LogP contribution in [0, 0.1) is 6.92 Å². The second-order valence-electron chi connectivity index (χ2n) is 5.27. The Morgan fingerprint density at radius 1 is 1.20 bits per heavy atom. The lowest BCUT2D eigenvalue weighted by molar-refractivity contribution is 0.153. The van der Waals surface area contributed by atoms with E-state index in [0.29, 0.717) is 37.1 Å². The van der Waals surface area contributed by atoms with Crippen molar-refractivity contribution in [2.45, 2.75) is 13.5 Å². The number of pyridine rings is 1. The van der Waals surface area contributed by atoms with Crippen LogP contribution in [-0.4, -0.2) is 50.4 Å². The third-order valence-corrected chi connectivity index (χ3v) is 4.46. The standard InChI is InChI=1S/C17H23N3O4S/c1-12-5-6-13(25-12)11-20(9-10-22-2)17(21)18-14-7-8-15(23-3)19-16(14)24-4/h5-8H,9-11H2,1-4H3,(H,18,21). The van der Waals surface area contributed by atoms with Gasteiger partial charge in [0.1, 0.15) is 5.69 Å². The number of rotatable bonds is 8. The van der Waals surface area contributed by atoms with Gasteiger partial charge in [-0.15, -0.1) is 11.3 Å². The largest absolute Gasteiger partial charge is 0.481 e. The van der Waals surface area contributed by atoms with E-state index in [4.69, 9.17) is 14.2 Å². The van der Waals surface area contributed by atoms with Crippen LogP contribution in [0.15, 0.2) is 24.3 Å². The van der Waals surface area contributed by atoms with Crippen molar-refractivity contribution in [3.05, 3.63) is 34.0 Å². The zero-order valence-electron chi connectivity index (χ0n) is 14.9. The topological polar surface area (TPSA) is 72.9 Å². The molecular weight excluding hydrogens is 342 g/mol. The van der Waals surface area contributed by atoms with Crippen molar-refractivity contribution in [1.29, 1.82) is 0 Å². The highest BCUT2D eigenvalue weighted by Crippen LogP contribution is 2.25. The van der Waals surface area contributed by atoms with Crippen molar-refractivity contribution in [2.75, 3.05) is 39.8 Å². The van der Waals surface area contributed by atoms with Crippen molar-refractivity contribution in [1.82, 2.24) is 9.88 Å². The SMILES string of the molecule is COCCN(Cc1ccc(C)s1)C(=O)Nc1ccc(OC)nc1OC. The first kappa shape index (κ1) is 19.0. The fraction of sp³-hybridized carbons (Fsp3) is 0.412. The Bertz CT molecular complexity index is 705. The number of nitrogens with zero attached hydrogens (tertiary/aromatic N) is 2. The minimum absolute atomic E-state index is 0.242. The summed E-state index contributed by atoms with van der Waals surface area (Å²) in [6.45, 7) is 3.49. The van der Waals surface area contributed by atoms with E-state index >= 15 is 0 Å². The van der Waals surface area contributed by atoms with Gasteiger partial charge >= 0.3 is 6.03 Å². The molecule has 0 saturated carbocycles. The van der Waals surface area contributed by atoms with Crippen LogP contribution in [0.1, 0.15) is 9.75 Å². The van der Waals surface area contributed by atoms with E-state index in [1.165, 1.54) is 19.1 Å². The molecule has 1 N–H and O–H groups in total. The number of nitrogens with one attached hydrogen (secondary N) is 1. The highest BCUT2D eigenvalue weighted by molar-refractivity contribution is 7.11. The Morgan fingerprint density at radius 3 is 2.60 bits per heavy atom. The van der Waals surface area contributed by atoms with Crippen molar-refractivity contribution in [2.24, 2.45) is 0 Å². The highest BCUT2D eigenvalue weighted by atomic mass is 32.1. The highest BCUT2D eigenvalue weighted by Gasteiger charge is 2.17. The van der Waals surface area contributed by atoms with E-state index in [0.717, 1.165) is 4.88 Å². The molecule has 0 aromatic carbocycles. The summed E-state index contributed by atoms with van der Waals surface area (Å²) in [6, 6.07) is 7.20. The maximum absolute atomic E-state index is 12.7. The Balaban J connectivity index is 2.13. The number of thiophene rings is 1. The molecule has 2 aromatic heterocycles. The van der Waals surface area contributed by atoms with Gasteiger partial charge in [0, 0.05) is 29.5 Å². The second kappa shape index (κ2) is 9.24. The molecular formula is C17H23N3O4S. The van der Waals surface area contributed by atoms with E-state index in [9.17, 15) is 4.79 Å². The molecule has 2 aromatic rings. The van der Waals surface area contributed by atoms with Crippen molar-refractivity contribution < 1.29 is 19.0 Å². The van der Waals surface area contributed by atoms with E-state index in [2.05, 4.69) is 10.3 Å². The van der Waals surface area contributed by atoms with Gasteiger partial charge in [-0.05, 0) is 25.1 Å². The van der Waals surface area contributed by atoms with Crippen LogP contribution in [0.25, 0.3) is 0 Å². The number of carbonyl (C=O) groups excluding carboxylic acids is 1. The summed E-state index contributed by atoms with van der Waals surface area (Å²) in [5.41, 5.74) is 0.484. The Kier molecular flexibility index (Phi) is 7.03. The van der Waals surface area contributed by atoms with Gasteiger partial charge in [-0.3, -0.25) is 0 Å². The van der Waals surface area contributed by atoms with E-state index in [1.807, 2.05) is 19.1 Å². The van der Waals surface area contributed by atoms with Crippen molar-refractivity contribution in [3.8, 4) is 11.8 Å². The minimum Gasteiger partial charge on any atom is -0.481 e. The molecule has 0 spiro atoms. The van der Waals surface area contributed by atoms with Gasteiger partial charge in [-0.1, -0.05) is 0 Å². The van der Waals surface area contributed by atoms with Crippen molar-refractivity contribution >= 4 is 23.1 Å². The number of hydrogen-bond donors (Lipinski definition) is 1. The number of carbonyl (C=O) groups is 1. The zero-order chi connectivity index (χ0) is 18.2. The lowest BCUT2D eigenvalue weighted by atomic mass is 10.3. The van der Waals surface area contributed by atoms with Gasteiger partial charge in [0.15, 0.2) is 0 Å². The fourth-order valence-electron chi connectivity index (χ4n) is 2.19. The van der Waals surface area contributed by atoms with Gasteiger partial charge in [0.2, 0.25) is 11.8 Å². The van der Waals surface area contributed by atoms with Gasteiger partial charge < -0.3 is 24.4 Å². The van der Waals surface area contributed by atoms with Gasteiger partial charge in [0.05, 0.1) is 27.4 Å². The summed E-state index contributed by atoms with van der Waals surface area (Å²) in [4.78, 5) is 20.9. The molecule has 25 heavy (non-hydrogen) atoms. The van der Waals surface area contributed by atoms with E-state index < -0.39 is 0 Å². The molecule has 0 aliphatic heterocycles. The van der Waals surface area contributed by atoms with E-state index in [1.54, 1.807) is 35.5 Å². The lowest BCUT2D eigenvalue weighted by Crippen LogP contribution is -2.36. The molecule has 2 amide bonds. The first-order valence-corrected chi connectivity index (χ1v) is 8.58. The summed E-state index contributed by atoms with van der Waals surface area (Å²) >= 11 is 1.67. The van der Waals surface area contributed by atoms with E-state index in [-0.39, 0.29) is 6.03 Å². The molecule has 0 saturated heterocycles. The molecule has 0 unspecified atom stereocenters. The number of ether oxygens (including phenoxy) is 3. The fourth-order valence-corrected chi connectivity index (χ4v) is 3.10. The van der Waals surface area contributed by atoms with Gasteiger partial charge in [-0.25, -0.2) is 4.79 Å². The molecule has 0 atom stereocenters. The summed E-state index contributed by atoms with van der Waals surface area (Å²) < 4.78 is 15.4. The summed E-state index contributed by atoms with van der Waals surface area (Å²) in [7, 11) is 4.63. The predicted octanol–water partition coefficient (Wildman–Crippen LogP) is 3.15. The summed E-state index contributed by atoms with van der Waals surface area (Å²) in [5.74, 6) is 0.714. The third-order valence-electron chi connectivity index (χ3n) is 3.47. The van der Waals surface area contributed by atoms with Crippen LogP contribution in [0.5, 0.6) is 11.8 Å². The molecule has 0 aliphatic rings. The summed E-state index contributed by atoms with van der Waals surface area (Å²) in [6.07, 6.45) is 0. The molecule has 2 heterocycles. The minimum atomic E-state index is -0.242. The zero-order valence-corrected chi connectivity index (χ0v) is 15.7. The number of hydrogen-bond acceptors (Lipinski definition) is 6. The van der Waals surface area contributed by atoms with Crippen LogP contribution >= 0.6 is 11.3 Å². The Hall–Kier alpha value is -2.32. The molecule has 0 radical (unpaired) electrons. The maximum atomic E-state index is 12.7. The molecule has 0 bridgehead atoms. The normalized spacial score (nSPS) is 10.4. The number of methoxy groups -OCH3 is 3. The average molecular weight is 365 g/mol. The monoisotopic (exact) mass is 365 g/mol. The number of aryl methyl sites for hydroxylation is 1. The third kappa shape index (κ3) is 5.33. The van der Waals surface area contributed by atoms with Gasteiger partial charge in [-0.2, -0.15) is 4.98 Å². The number of urea groups is 1. The second-order valence-corrected chi connectivity index (χ2v) is 6.64. The van der Waals surface area contributed by atoms with Crippen LogP contribution in [-0.2, 0) is 11.3 Å². The molecule has 8 heteroatoms. The molecule has 0 aliphatic carbocycles. The maximum Gasteiger partial charge on any atom is 0.322 e. The van der Waals surface area contributed by atoms with Gasteiger partial charge in [0.25, 0.3) is 0 Å². The Morgan fingerprint density at radius 2 is 2.00 bits per heavy atom. The average Bonchev–Trinajstić information content (AvgIpc) is 3.03. The van der Waals surface area contributed by atoms with Crippen LogP contribution in [0.4, 0.5) is 10.5 Å². The Labute approximate surface area is 151 Å². The van der Waals surface area contributed by atoms with Crippen molar-refractivity contribution in [3.63, 3.8) is 0 Å². The number of amides is 2. The van der Waals surface area contributed by atoms with Crippen LogP contribution < -0.4 is 14.8 Å². The van der Waals surface area contributed by atoms with Crippen LogP contribution in [0.3, 0.4) is 0 Å². The molecule has 136 valence electrons. The number of aromatic nitrogens is 1. The molecule has 7 nitrogen and oxygen atoms in total. The van der Waals surface area contributed by atoms with Crippen LogP contribution in [0.2, 0.25) is 0 Å². The first-order chi connectivity index (χ1) is 12.1. The first-order valence-electron chi connectivity index (χ1n) is 7.76. The predicted molar refractivity (Wildman–Crippen MR) is 97.7 cm³/mol. The number of anilines is 1. The molecule has 2 rings (SSSR count). The quantitative estimate of drug-likeness (QED) is 0.778.